The largest absolute Gasteiger partial charge is 0.411 e. The monoisotopic (exact) mass is 155 g/mol. The zero-order valence-corrected chi connectivity index (χ0v) is 7.59. The molecule has 0 aliphatic heterocycles. The van der Waals surface area contributed by atoms with Crippen LogP contribution in [0.15, 0.2) is 5.16 Å². The van der Waals surface area contributed by atoms with Gasteiger partial charge in [-0.15, -0.1) is 0 Å². The van der Waals surface area contributed by atoms with Gasteiger partial charge in [-0.3, -0.25) is 0 Å². The van der Waals surface area contributed by atoms with Crippen LogP contribution >= 0.6 is 0 Å². The molecule has 1 saturated carbocycles. The van der Waals surface area contributed by atoms with Gasteiger partial charge in [0.1, 0.15) is 0 Å². The highest BCUT2D eigenvalue weighted by atomic mass is 16.4. The van der Waals surface area contributed by atoms with Gasteiger partial charge in [0.05, 0.1) is 5.71 Å². The summed E-state index contributed by atoms with van der Waals surface area (Å²) < 4.78 is 0. The van der Waals surface area contributed by atoms with Crippen molar-refractivity contribution in [3.05, 3.63) is 0 Å². The smallest absolute Gasteiger partial charge is 0.0654 e. The third kappa shape index (κ3) is 1.55. The highest BCUT2D eigenvalue weighted by Gasteiger charge is 2.33. The molecule has 1 aliphatic carbocycles. The van der Waals surface area contributed by atoms with E-state index in [9.17, 15) is 0 Å². The normalized spacial score (nSPS) is 34.1. The zero-order valence-electron chi connectivity index (χ0n) is 7.59. The minimum Gasteiger partial charge on any atom is -0.411 e. The van der Waals surface area contributed by atoms with Gasteiger partial charge in [0.15, 0.2) is 0 Å². The standard InChI is InChI=1S/C9H17NO/c1-7-5-4-6-9(2,3)8(7)10-11/h7,11H,4-6H2,1-3H3/b10-8-. The lowest BCUT2D eigenvalue weighted by atomic mass is 9.71. The van der Waals surface area contributed by atoms with Crippen molar-refractivity contribution in [1.29, 1.82) is 0 Å². The van der Waals surface area contributed by atoms with Gasteiger partial charge in [0.25, 0.3) is 0 Å². The molecule has 64 valence electrons. The number of hydrogen-bond donors (Lipinski definition) is 1. The van der Waals surface area contributed by atoms with Crippen molar-refractivity contribution in [1.82, 2.24) is 0 Å². The van der Waals surface area contributed by atoms with Crippen molar-refractivity contribution in [2.75, 3.05) is 0 Å². The van der Waals surface area contributed by atoms with Crippen molar-refractivity contribution in [3.8, 4) is 0 Å². The van der Waals surface area contributed by atoms with E-state index in [1.807, 2.05) is 0 Å². The van der Waals surface area contributed by atoms with E-state index in [0.717, 1.165) is 12.1 Å². The highest BCUT2D eigenvalue weighted by Crippen LogP contribution is 2.35. The lowest BCUT2D eigenvalue weighted by Crippen LogP contribution is -2.33. The minimum absolute atomic E-state index is 0.117. The number of oxime groups is 1. The van der Waals surface area contributed by atoms with Crippen LogP contribution < -0.4 is 0 Å². The van der Waals surface area contributed by atoms with Crippen LogP contribution in [0, 0.1) is 11.3 Å². The quantitative estimate of drug-likeness (QED) is 0.423. The molecular formula is C9H17NO. The van der Waals surface area contributed by atoms with E-state index < -0.39 is 0 Å². The number of rotatable bonds is 0. The van der Waals surface area contributed by atoms with Crippen LogP contribution in [-0.4, -0.2) is 10.9 Å². The van der Waals surface area contributed by atoms with Gasteiger partial charge in [-0.2, -0.15) is 0 Å². The van der Waals surface area contributed by atoms with Crippen LogP contribution in [0.25, 0.3) is 0 Å². The zero-order chi connectivity index (χ0) is 8.48. The Hall–Kier alpha value is -0.530. The fourth-order valence-electron chi connectivity index (χ4n) is 2.02. The Kier molecular flexibility index (Phi) is 2.21. The summed E-state index contributed by atoms with van der Waals surface area (Å²) in [6.07, 6.45) is 3.58. The molecule has 0 radical (unpaired) electrons. The van der Waals surface area contributed by atoms with Crippen molar-refractivity contribution in [3.63, 3.8) is 0 Å². The Labute approximate surface area is 68.3 Å². The Bertz CT molecular complexity index is 172. The summed E-state index contributed by atoms with van der Waals surface area (Å²) in [5.74, 6) is 0.462. The molecule has 0 aromatic rings. The summed E-state index contributed by atoms with van der Waals surface area (Å²) in [6, 6.07) is 0. The molecule has 1 fully saturated rings. The van der Waals surface area contributed by atoms with Crippen LogP contribution in [0.2, 0.25) is 0 Å². The molecule has 0 saturated heterocycles. The highest BCUT2D eigenvalue weighted by molar-refractivity contribution is 5.91. The fraction of sp³-hybridized carbons (Fsp3) is 0.889. The second kappa shape index (κ2) is 2.84. The first-order valence-corrected chi connectivity index (χ1v) is 4.30. The second-order valence-electron chi connectivity index (χ2n) is 4.16. The van der Waals surface area contributed by atoms with Crippen LogP contribution in [0.5, 0.6) is 0 Å². The van der Waals surface area contributed by atoms with Gasteiger partial charge < -0.3 is 5.21 Å². The second-order valence-corrected chi connectivity index (χ2v) is 4.16. The van der Waals surface area contributed by atoms with Crippen molar-refractivity contribution in [2.24, 2.45) is 16.5 Å². The lowest BCUT2D eigenvalue weighted by Gasteiger charge is -2.34. The average Bonchev–Trinajstić information content (AvgIpc) is 1.86. The van der Waals surface area contributed by atoms with Crippen LogP contribution in [0.4, 0.5) is 0 Å². The summed E-state index contributed by atoms with van der Waals surface area (Å²) in [4.78, 5) is 0. The first-order chi connectivity index (χ1) is 5.08. The molecule has 1 N–H and O–H groups in total. The third-order valence-electron chi connectivity index (χ3n) is 2.71. The van der Waals surface area contributed by atoms with Gasteiger partial charge in [-0.25, -0.2) is 0 Å². The molecule has 0 aromatic heterocycles. The molecule has 0 amide bonds. The topological polar surface area (TPSA) is 32.6 Å². The number of hydrogen-bond acceptors (Lipinski definition) is 2. The maximum atomic E-state index is 8.79. The summed E-state index contributed by atoms with van der Waals surface area (Å²) in [7, 11) is 0. The van der Waals surface area contributed by atoms with E-state index in [2.05, 4.69) is 25.9 Å². The minimum atomic E-state index is 0.117. The Morgan fingerprint density at radius 1 is 1.55 bits per heavy atom. The van der Waals surface area contributed by atoms with Crippen LogP contribution in [0.1, 0.15) is 40.0 Å². The van der Waals surface area contributed by atoms with Crippen LogP contribution in [0.3, 0.4) is 0 Å². The van der Waals surface area contributed by atoms with Crippen molar-refractivity contribution in [2.45, 2.75) is 40.0 Å². The molecule has 1 atom stereocenters. The van der Waals surface area contributed by atoms with Gasteiger partial charge in [-0.1, -0.05) is 32.3 Å². The van der Waals surface area contributed by atoms with E-state index in [1.54, 1.807) is 0 Å². The lowest BCUT2D eigenvalue weighted by molar-refractivity contribution is 0.285. The van der Waals surface area contributed by atoms with E-state index in [1.165, 1.54) is 12.8 Å². The molecule has 1 aliphatic rings. The van der Waals surface area contributed by atoms with Gasteiger partial charge in [0.2, 0.25) is 0 Å². The number of nitrogens with zero attached hydrogens (tertiary/aromatic N) is 1. The fourth-order valence-corrected chi connectivity index (χ4v) is 2.02. The van der Waals surface area contributed by atoms with E-state index >= 15 is 0 Å². The van der Waals surface area contributed by atoms with Gasteiger partial charge in [-0.05, 0) is 18.8 Å². The Morgan fingerprint density at radius 2 is 2.18 bits per heavy atom. The molecule has 11 heavy (non-hydrogen) atoms. The molecule has 1 unspecified atom stereocenters. The van der Waals surface area contributed by atoms with Gasteiger partial charge >= 0.3 is 0 Å². The summed E-state index contributed by atoms with van der Waals surface area (Å²) in [5.41, 5.74) is 1.09. The van der Waals surface area contributed by atoms with Crippen molar-refractivity contribution < 1.29 is 5.21 Å². The first kappa shape index (κ1) is 8.57. The summed E-state index contributed by atoms with van der Waals surface area (Å²) >= 11 is 0. The van der Waals surface area contributed by atoms with Crippen LogP contribution in [-0.2, 0) is 0 Å². The predicted molar refractivity (Wildman–Crippen MR) is 46.0 cm³/mol. The molecule has 0 aromatic carbocycles. The Morgan fingerprint density at radius 3 is 2.55 bits per heavy atom. The molecule has 0 spiro atoms. The molecule has 2 heteroatoms. The molecule has 1 rings (SSSR count). The maximum Gasteiger partial charge on any atom is 0.0654 e. The summed E-state index contributed by atoms with van der Waals surface area (Å²) in [5, 5.41) is 12.2. The van der Waals surface area contributed by atoms with E-state index in [-0.39, 0.29) is 5.41 Å². The van der Waals surface area contributed by atoms with E-state index in [4.69, 9.17) is 5.21 Å². The molecular weight excluding hydrogens is 138 g/mol. The maximum absolute atomic E-state index is 8.79. The molecule has 0 bridgehead atoms. The Balaban J connectivity index is 2.82. The average molecular weight is 155 g/mol. The predicted octanol–water partition coefficient (Wildman–Crippen LogP) is 2.66. The van der Waals surface area contributed by atoms with Crippen molar-refractivity contribution >= 4 is 5.71 Å². The van der Waals surface area contributed by atoms with Gasteiger partial charge in [0, 0.05) is 5.41 Å². The molecule has 2 nitrogen and oxygen atoms in total. The molecule has 0 heterocycles. The summed E-state index contributed by atoms with van der Waals surface area (Å²) in [6.45, 7) is 6.44. The SMILES string of the molecule is CC1CCCC(C)(C)/C1=N\O. The van der Waals surface area contributed by atoms with E-state index in [0.29, 0.717) is 5.92 Å². The first-order valence-electron chi connectivity index (χ1n) is 4.30. The third-order valence-corrected chi connectivity index (χ3v) is 2.71.